The molecule has 24 heavy (non-hydrogen) atoms. The number of carboxylic acids is 1. The maximum Gasteiger partial charge on any atom is 0.335 e. The van der Waals surface area contributed by atoms with Gasteiger partial charge in [0.15, 0.2) is 0 Å². The highest BCUT2D eigenvalue weighted by atomic mass is 79.9. The van der Waals surface area contributed by atoms with Crippen molar-refractivity contribution in [3.8, 4) is 0 Å². The van der Waals surface area contributed by atoms with Gasteiger partial charge in [0.2, 0.25) is 0 Å². The fourth-order valence-corrected chi connectivity index (χ4v) is 2.88. The van der Waals surface area contributed by atoms with Crippen molar-refractivity contribution < 1.29 is 9.90 Å². The van der Waals surface area contributed by atoms with Crippen LogP contribution in [0.2, 0.25) is 0 Å². The third kappa shape index (κ3) is 4.65. The minimum absolute atomic E-state index is 0.347. The first-order valence-corrected chi connectivity index (χ1v) is 8.52. The molecule has 3 aromatic rings. The van der Waals surface area contributed by atoms with Crippen molar-refractivity contribution in [2.75, 3.05) is 0 Å². The molecule has 0 radical (unpaired) electrons. The molecule has 1 aromatic heterocycles. The van der Waals surface area contributed by atoms with Crippen LogP contribution in [0.4, 0.5) is 0 Å². The van der Waals surface area contributed by atoms with E-state index in [0.717, 1.165) is 15.6 Å². The van der Waals surface area contributed by atoms with Gasteiger partial charge in [0, 0.05) is 16.1 Å². The van der Waals surface area contributed by atoms with E-state index >= 15 is 0 Å². The standard InChI is InChI=1S/C12H12BrN.C8H8O2/c1-8(2)10-6-9-4-3-5-14-12(9)11(13)7-10;1-6-3-2-4-7(5-6)8(9)10/h3-8H,1-2H3;2-5H,1H3,(H,9,10). The van der Waals surface area contributed by atoms with Crippen LogP contribution in [-0.2, 0) is 0 Å². The van der Waals surface area contributed by atoms with E-state index in [1.54, 1.807) is 18.2 Å². The summed E-state index contributed by atoms with van der Waals surface area (Å²) in [6.07, 6.45) is 1.82. The van der Waals surface area contributed by atoms with Gasteiger partial charge in [0.05, 0.1) is 11.1 Å². The van der Waals surface area contributed by atoms with E-state index in [4.69, 9.17) is 5.11 Å². The van der Waals surface area contributed by atoms with Gasteiger partial charge in [-0.15, -0.1) is 0 Å². The smallest absolute Gasteiger partial charge is 0.335 e. The Hall–Kier alpha value is -2.20. The van der Waals surface area contributed by atoms with E-state index in [1.165, 1.54) is 10.9 Å². The molecule has 0 aliphatic heterocycles. The summed E-state index contributed by atoms with van der Waals surface area (Å²) < 4.78 is 1.08. The number of nitrogens with zero attached hydrogens (tertiary/aromatic N) is 1. The molecule has 0 amide bonds. The molecule has 0 spiro atoms. The van der Waals surface area contributed by atoms with Crippen molar-refractivity contribution in [1.29, 1.82) is 0 Å². The summed E-state index contributed by atoms with van der Waals surface area (Å²) in [4.78, 5) is 14.7. The Morgan fingerprint density at radius 2 is 1.88 bits per heavy atom. The van der Waals surface area contributed by atoms with Crippen LogP contribution in [0.1, 0.15) is 41.3 Å². The predicted octanol–water partition coefficient (Wildman–Crippen LogP) is 5.81. The Kier molecular flexibility index (Phi) is 6.10. The van der Waals surface area contributed by atoms with Crippen LogP contribution in [0.5, 0.6) is 0 Å². The van der Waals surface area contributed by atoms with Crippen LogP contribution >= 0.6 is 15.9 Å². The number of halogens is 1. The summed E-state index contributed by atoms with van der Waals surface area (Å²) in [5, 5.41) is 9.71. The molecular weight excluding hydrogens is 366 g/mol. The molecule has 3 nitrogen and oxygen atoms in total. The second kappa shape index (κ2) is 8.06. The van der Waals surface area contributed by atoms with Crippen LogP contribution in [-0.4, -0.2) is 16.1 Å². The summed E-state index contributed by atoms with van der Waals surface area (Å²) in [7, 11) is 0. The Morgan fingerprint density at radius 3 is 2.46 bits per heavy atom. The van der Waals surface area contributed by atoms with Gasteiger partial charge in [0.25, 0.3) is 0 Å². The maximum atomic E-state index is 10.4. The number of pyridine rings is 1. The lowest BCUT2D eigenvalue weighted by molar-refractivity contribution is 0.0697. The van der Waals surface area contributed by atoms with Gasteiger partial charge in [-0.2, -0.15) is 0 Å². The molecule has 0 saturated heterocycles. The zero-order valence-electron chi connectivity index (χ0n) is 14.0. The molecule has 0 saturated carbocycles. The Balaban J connectivity index is 0.000000185. The van der Waals surface area contributed by atoms with Crippen LogP contribution in [0.15, 0.2) is 59.2 Å². The lowest BCUT2D eigenvalue weighted by Crippen LogP contribution is -1.95. The first-order valence-electron chi connectivity index (χ1n) is 7.72. The number of rotatable bonds is 2. The molecular formula is C20H20BrNO2. The second-order valence-electron chi connectivity index (χ2n) is 5.91. The fraction of sp³-hybridized carbons (Fsp3) is 0.200. The predicted molar refractivity (Wildman–Crippen MR) is 102 cm³/mol. The van der Waals surface area contributed by atoms with Gasteiger partial charge in [-0.1, -0.05) is 37.6 Å². The molecule has 124 valence electrons. The van der Waals surface area contributed by atoms with Gasteiger partial charge >= 0.3 is 5.97 Å². The fourth-order valence-electron chi connectivity index (χ4n) is 2.28. The zero-order chi connectivity index (χ0) is 17.7. The lowest BCUT2D eigenvalue weighted by Gasteiger charge is -2.08. The number of carboxylic acid groups (broad SMARTS) is 1. The molecule has 0 aliphatic carbocycles. The summed E-state index contributed by atoms with van der Waals surface area (Å²) in [5.74, 6) is -0.320. The van der Waals surface area contributed by atoms with Crippen LogP contribution in [0.25, 0.3) is 10.9 Å². The van der Waals surface area contributed by atoms with Gasteiger partial charge in [-0.05, 0) is 64.7 Å². The summed E-state index contributed by atoms with van der Waals surface area (Å²) in [6, 6.07) is 15.2. The highest BCUT2D eigenvalue weighted by Gasteiger charge is 2.05. The first kappa shape index (κ1) is 18.1. The van der Waals surface area contributed by atoms with E-state index in [9.17, 15) is 4.79 Å². The highest BCUT2D eigenvalue weighted by Crippen LogP contribution is 2.27. The van der Waals surface area contributed by atoms with Crippen LogP contribution in [0.3, 0.4) is 0 Å². The SMILES string of the molecule is CC(C)c1cc(Br)c2ncccc2c1.Cc1cccc(C(=O)O)c1. The van der Waals surface area contributed by atoms with Crippen molar-refractivity contribution in [3.63, 3.8) is 0 Å². The van der Waals surface area contributed by atoms with E-state index in [0.29, 0.717) is 11.5 Å². The van der Waals surface area contributed by atoms with Gasteiger partial charge in [0.1, 0.15) is 0 Å². The summed E-state index contributed by atoms with van der Waals surface area (Å²) in [6.45, 7) is 6.26. The van der Waals surface area contributed by atoms with Gasteiger partial charge < -0.3 is 5.11 Å². The van der Waals surface area contributed by atoms with E-state index in [1.807, 2.05) is 25.3 Å². The molecule has 0 atom stereocenters. The number of carbonyl (C=O) groups is 1. The number of benzene rings is 2. The van der Waals surface area contributed by atoms with Crippen LogP contribution in [0, 0.1) is 6.92 Å². The van der Waals surface area contributed by atoms with Crippen LogP contribution < -0.4 is 0 Å². The molecule has 0 bridgehead atoms. The highest BCUT2D eigenvalue weighted by molar-refractivity contribution is 9.10. The molecule has 0 fully saturated rings. The lowest BCUT2D eigenvalue weighted by atomic mass is 10.0. The number of hydrogen-bond donors (Lipinski definition) is 1. The summed E-state index contributed by atoms with van der Waals surface area (Å²) in [5.41, 5.74) is 3.70. The maximum absolute atomic E-state index is 10.4. The number of aromatic nitrogens is 1. The third-order valence-corrected chi connectivity index (χ3v) is 4.22. The van der Waals surface area contributed by atoms with Gasteiger partial charge in [-0.3, -0.25) is 4.98 Å². The minimum atomic E-state index is -0.872. The molecule has 1 heterocycles. The third-order valence-electron chi connectivity index (χ3n) is 3.61. The van der Waals surface area contributed by atoms with E-state index in [-0.39, 0.29) is 0 Å². The number of fused-ring (bicyclic) bond motifs is 1. The average Bonchev–Trinajstić information content (AvgIpc) is 2.55. The van der Waals surface area contributed by atoms with Gasteiger partial charge in [-0.25, -0.2) is 4.79 Å². The van der Waals surface area contributed by atoms with Crippen molar-refractivity contribution in [3.05, 3.63) is 75.9 Å². The van der Waals surface area contributed by atoms with Crippen molar-refractivity contribution in [2.24, 2.45) is 0 Å². The van der Waals surface area contributed by atoms with E-state index in [2.05, 4.69) is 53.0 Å². The van der Waals surface area contributed by atoms with Crippen molar-refractivity contribution in [1.82, 2.24) is 4.98 Å². The topological polar surface area (TPSA) is 50.2 Å². The first-order chi connectivity index (χ1) is 11.4. The van der Waals surface area contributed by atoms with Crippen molar-refractivity contribution >= 4 is 32.8 Å². The second-order valence-corrected chi connectivity index (χ2v) is 6.76. The normalized spacial score (nSPS) is 10.4. The number of hydrogen-bond acceptors (Lipinski definition) is 2. The zero-order valence-corrected chi connectivity index (χ0v) is 15.5. The molecule has 4 heteroatoms. The quantitative estimate of drug-likeness (QED) is 0.604. The molecule has 2 aromatic carbocycles. The number of aromatic carboxylic acids is 1. The van der Waals surface area contributed by atoms with Crippen molar-refractivity contribution in [2.45, 2.75) is 26.7 Å². The summed E-state index contributed by atoms with van der Waals surface area (Å²) >= 11 is 3.55. The molecule has 3 rings (SSSR count). The molecule has 0 unspecified atom stereocenters. The number of aryl methyl sites for hydroxylation is 1. The monoisotopic (exact) mass is 385 g/mol. The Morgan fingerprint density at radius 1 is 1.12 bits per heavy atom. The Bertz CT molecular complexity index is 859. The largest absolute Gasteiger partial charge is 0.478 e. The Labute approximate surface area is 150 Å². The molecule has 1 N–H and O–H groups in total. The molecule has 0 aliphatic rings. The van der Waals surface area contributed by atoms with E-state index < -0.39 is 5.97 Å². The average molecular weight is 386 g/mol. The minimum Gasteiger partial charge on any atom is -0.478 e.